The summed E-state index contributed by atoms with van der Waals surface area (Å²) in [4.78, 5) is 13.5. The standard InChI is InChI=1S/C21H15F2N3OS/c1-28-18-8-3-2-5-13(18)12-9-10-14-17(11-12)25-26-20(14)24-21(27)19-15(22)6-4-7-16(19)23/h2-11H,1H3,(H2,24,25,26,27). The van der Waals surface area contributed by atoms with Crippen molar-refractivity contribution in [3.63, 3.8) is 0 Å². The van der Waals surface area contributed by atoms with E-state index in [-0.39, 0.29) is 5.82 Å². The number of hydrogen-bond donors (Lipinski definition) is 2. The zero-order valence-electron chi connectivity index (χ0n) is 14.8. The van der Waals surface area contributed by atoms with Crippen molar-refractivity contribution in [3.8, 4) is 11.1 Å². The predicted molar refractivity (Wildman–Crippen MR) is 108 cm³/mol. The minimum absolute atomic E-state index is 0.215. The number of hydrogen-bond acceptors (Lipinski definition) is 3. The van der Waals surface area contributed by atoms with Gasteiger partial charge in [0.25, 0.3) is 5.91 Å². The molecule has 4 nitrogen and oxygen atoms in total. The third kappa shape index (κ3) is 3.25. The largest absolute Gasteiger partial charge is 0.304 e. The van der Waals surface area contributed by atoms with Crippen molar-refractivity contribution in [1.82, 2.24) is 10.2 Å². The summed E-state index contributed by atoms with van der Waals surface area (Å²) < 4.78 is 27.6. The molecule has 1 amide bonds. The zero-order chi connectivity index (χ0) is 19.7. The molecule has 0 aliphatic rings. The fourth-order valence-electron chi connectivity index (χ4n) is 3.05. The molecular weight excluding hydrogens is 380 g/mol. The van der Waals surface area contributed by atoms with Gasteiger partial charge in [0.2, 0.25) is 0 Å². The second kappa shape index (κ2) is 7.44. The highest BCUT2D eigenvalue weighted by molar-refractivity contribution is 7.98. The van der Waals surface area contributed by atoms with Gasteiger partial charge in [-0.1, -0.05) is 30.3 Å². The Morgan fingerprint density at radius 2 is 1.79 bits per heavy atom. The molecule has 0 saturated heterocycles. The number of nitrogens with zero attached hydrogens (tertiary/aromatic N) is 1. The summed E-state index contributed by atoms with van der Waals surface area (Å²) in [7, 11) is 0. The summed E-state index contributed by atoms with van der Waals surface area (Å²) in [5.74, 6) is -2.52. The first kappa shape index (κ1) is 18.2. The highest BCUT2D eigenvalue weighted by atomic mass is 32.2. The van der Waals surface area contributed by atoms with Gasteiger partial charge in [0, 0.05) is 10.3 Å². The normalized spacial score (nSPS) is 11.0. The molecule has 0 atom stereocenters. The maximum atomic E-state index is 13.8. The predicted octanol–water partition coefficient (Wildman–Crippen LogP) is 5.48. The smallest absolute Gasteiger partial charge is 0.262 e. The second-order valence-corrected chi connectivity index (χ2v) is 6.93. The van der Waals surface area contributed by atoms with Gasteiger partial charge in [-0.2, -0.15) is 5.10 Å². The van der Waals surface area contributed by atoms with Crippen LogP contribution in [0.25, 0.3) is 22.0 Å². The van der Waals surface area contributed by atoms with Crippen LogP contribution in [0.2, 0.25) is 0 Å². The molecule has 1 aromatic heterocycles. The lowest BCUT2D eigenvalue weighted by Crippen LogP contribution is -2.16. The number of carbonyl (C=O) groups excluding carboxylic acids is 1. The Labute approximate surface area is 164 Å². The van der Waals surface area contributed by atoms with Crippen LogP contribution < -0.4 is 5.32 Å². The Morgan fingerprint density at radius 3 is 2.54 bits per heavy atom. The molecule has 0 aliphatic heterocycles. The summed E-state index contributed by atoms with van der Waals surface area (Å²) in [5.41, 5.74) is 2.16. The van der Waals surface area contributed by atoms with E-state index in [1.165, 1.54) is 6.07 Å². The first-order chi connectivity index (χ1) is 13.6. The third-order valence-electron chi connectivity index (χ3n) is 4.40. The molecule has 3 aromatic carbocycles. The van der Waals surface area contributed by atoms with Gasteiger partial charge in [-0.3, -0.25) is 9.89 Å². The molecule has 0 saturated carbocycles. The molecule has 0 radical (unpaired) electrons. The van der Waals surface area contributed by atoms with E-state index < -0.39 is 23.1 Å². The summed E-state index contributed by atoms with van der Waals surface area (Å²) in [6, 6.07) is 17.0. The average Bonchev–Trinajstić information content (AvgIpc) is 3.09. The SMILES string of the molecule is CSc1ccccc1-c1ccc2c(NC(=O)c3c(F)cccc3F)n[nH]c2c1. The van der Waals surface area contributed by atoms with Crippen molar-refractivity contribution in [1.29, 1.82) is 0 Å². The number of thioether (sulfide) groups is 1. The quantitative estimate of drug-likeness (QED) is 0.450. The summed E-state index contributed by atoms with van der Waals surface area (Å²) in [5, 5.41) is 10.1. The highest BCUT2D eigenvalue weighted by Gasteiger charge is 2.19. The second-order valence-electron chi connectivity index (χ2n) is 6.08. The monoisotopic (exact) mass is 395 g/mol. The maximum Gasteiger partial charge on any atom is 0.262 e. The molecule has 7 heteroatoms. The highest BCUT2D eigenvalue weighted by Crippen LogP contribution is 2.33. The van der Waals surface area contributed by atoms with Crippen LogP contribution in [0.3, 0.4) is 0 Å². The van der Waals surface area contributed by atoms with E-state index in [1.807, 2.05) is 48.7 Å². The molecule has 0 bridgehead atoms. The minimum Gasteiger partial charge on any atom is -0.304 e. The van der Waals surface area contributed by atoms with E-state index in [9.17, 15) is 13.6 Å². The van der Waals surface area contributed by atoms with Crippen LogP contribution in [0.15, 0.2) is 65.6 Å². The van der Waals surface area contributed by atoms with Crippen molar-refractivity contribution in [2.45, 2.75) is 4.90 Å². The van der Waals surface area contributed by atoms with Crippen molar-refractivity contribution in [3.05, 3.63) is 77.9 Å². The van der Waals surface area contributed by atoms with Crippen LogP contribution in [0, 0.1) is 11.6 Å². The van der Waals surface area contributed by atoms with E-state index >= 15 is 0 Å². The van der Waals surface area contributed by atoms with Crippen LogP contribution >= 0.6 is 11.8 Å². The van der Waals surface area contributed by atoms with Gasteiger partial charge in [-0.25, -0.2) is 8.78 Å². The van der Waals surface area contributed by atoms with Crippen molar-refractivity contribution >= 4 is 34.4 Å². The number of carbonyl (C=O) groups is 1. The van der Waals surface area contributed by atoms with E-state index in [2.05, 4.69) is 15.5 Å². The number of anilines is 1. The van der Waals surface area contributed by atoms with Crippen LogP contribution in [0.1, 0.15) is 10.4 Å². The molecular formula is C21H15F2N3OS. The number of H-pyrrole nitrogens is 1. The minimum atomic E-state index is -0.923. The molecule has 0 fully saturated rings. The van der Waals surface area contributed by atoms with Gasteiger partial charge in [0.05, 0.1) is 5.52 Å². The topological polar surface area (TPSA) is 57.8 Å². The van der Waals surface area contributed by atoms with Crippen molar-refractivity contribution in [2.75, 3.05) is 11.6 Å². The van der Waals surface area contributed by atoms with Crippen molar-refractivity contribution in [2.24, 2.45) is 0 Å². The van der Waals surface area contributed by atoms with E-state index in [1.54, 1.807) is 11.8 Å². The Bertz CT molecular complexity index is 1170. The van der Waals surface area contributed by atoms with Gasteiger partial charge in [0.15, 0.2) is 5.82 Å². The number of benzene rings is 3. The number of halogens is 2. The molecule has 1 heterocycles. The van der Waals surface area contributed by atoms with Gasteiger partial charge < -0.3 is 5.32 Å². The van der Waals surface area contributed by atoms with Gasteiger partial charge in [-0.05, 0) is 47.7 Å². The van der Waals surface area contributed by atoms with E-state index in [4.69, 9.17) is 0 Å². The van der Waals surface area contributed by atoms with Crippen LogP contribution in [0.5, 0.6) is 0 Å². The Kier molecular flexibility index (Phi) is 4.83. The van der Waals surface area contributed by atoms with Crippen LogP contribution in [-0.2, 0) is 0 Å². The van der Waals surface area contributed by atoms with Crippen LogP contribution in [-0.4, -0.2) is 22.4 Å². The average molecular weight is 395 g/mol. The van der Waals surface area contributed by atoms with Crippen LogP contribution in [0.4, 0.5) is 14.6 Å². The maximum absolute atomic E-state index is 13.8. The first-order valence-electron chi connectivity index (χ1n) is 8.45. The Morgan fingerprint density at radius 1 is 1.04 bits per heavy atom. The number of fused-ring (bicyclic) bond motifs is 1. The Hall–Kier alpha value is -3.19. The van der Waals surface area contributed by atoms with E-state index in [0.717, 1.165) is 28.2 Å². The first-order valence-corrected chi connectivity index (χ1v) is 9.68. The molecule has 2 N–H and O–H groups in total. The molecule has 0 aliphatic carbocycles. The van der Waals surface area contributed by atoms with E-state index in [0.29, 0.717) is 10.9 Å². The molecule has 0 spiro atoms. The fourth-order valence-corrected chi connectivity index (χ4v) is 3.67. The summed E-state index contributed by atoms with van der Waals surface area (Å²) in [6.45, 7) is 0. The zero-order valence-corrected chi connectivity index (χ0v) is 15.6. The summed E-state index contributed by atoms with van der Waals surface area (Å²) in [6.07, 6.45) is 2.02. The van der Waals surface area contributed by atoms with Gasteiger partial charge in [-0.15, -0.1) is 11.8 Å². The number of aromatic amines is 1. The molecule has 4 aromatic rings. The van der Waals surface area contributed by atoms with Gasteiger partial charge in [0.1, 0.15) is 17.2 Å². The number of aromatic nitrogens is 2. The lowest BCUT2D eigenvalue weighted by Gasteiger charge is -2.08. The Balaban J connectivity index is 1.68. The molecule has 0 unspecified atom stereocenters. The fraction of sp³-hybridized carbons (Fsp3) is 0.0476. The number of amides is 1. The number of rotatable bonds is 4. The van der Waals surface area contributed by atoms with Crippen molar-refractivity contribution < 1.29 is 13.6 Å². The molecule has 140 valence electrons. The van der Waals surface area contributed by atoms with Gasteiger partial charge >= 0.3 is 0 Å². The molecule has 4 rings (SSSR count). The summed E-state index contributed by atoms with van der Waals surface area (Å²) >= 11 is 1.66. The lowest BCUT2D eigenvalue weighted by atomic mass is 10.0. The molecule has 28 heavy (non-hydrogen) atoms. The lowest BCUT2D eigenvalue weighted by molar-refractivity contribution is 0.101. The third-order valence-corrected chi connectivity index (χ3v) is 5.20. The number of nitrogens with one attached hydrogen (secondary N) is 2.